The van der Waals surface area contributed by atoms with Gasteiger partial charge in [0.05, 0.1) is 5.56 Å². The van der Waals surface area contributed by atoms with Crippen LogP contribution in [0.1, 0.15) is 10.4 Å². The summed E-state index contributed by atoms with van der Waals surface area (Å²) >= 11 is 0. The molecule has 0 aromatic heterocycles. The fourth-order valence-electron chi connectivity index (χ4n) is 1.38. The Kier molecular flexibility index (Phi) is 1.93. The molecule has 2 rings (SSSR count). The molecule has 3 heteroatoms. The average Bonchev–Trinajstić information content (AvgIpc) is 2.16. The summed E-state index contributed by atoms with van der Waals surface area (Å²) < 4.78 is 13.2. The zero-order valence-electron chi connectivity index (χ0n) is 7.20. The van der Waals surface area contributed by atoms with Gasteiger partial charge in [-0.3, -0.25) is 0 Å². The predicted molar refractivity (Wildman–Crippen MR) is 50.9 cm³/mol. The fourth-order valence-corrected chi connectivity index (χ4v) is 1.38. The highest BCUT2D eigenvalue weighted by Crippen LogP contribution is 2.18. The van der Waals surface area contributed by atoms with Crippen LogP contribution in [0.25, 0.3) is 10.8 Å². The molecule has 0 saturated carbocycles. The maximum Gasteiger partial charge on any atom is 0.338 e. The highest BCUT2D eigenvalue weighted by molar-refractivity contribution is 5.94. The topological polar surface area (TPSA) is 37.3 Å². The van der Waals surface area contributed by atoms with E-state index >= 15 is 0 Å². The minimum absolute atomic E-state index is 0.288. The summed E-state index contributed by atoms with van der Waals surface area (Å²) in [5.74, 6) is -1.94. The van der Waals surface area contributed by atoms with Gasteiger partial charge in [0.25, 0.3) is 0 Å². The first-order valence-electron chi connectivity index (χ1n) is 4.10. The molecule has 0 heterocycles. The molecular formula is C11H7FO2. The number of carboxylic acid groups (broad SMARTS) is 1. The molecule has 0 saturated heterocycles. The number of carboxylic acids is 1. The molecule has 2 aromatic rings. The summed E-state index contributed by atoms with van der Waals surface area (Å²) in [5.41, 5.74) is -0.288. The predicted octanol–water partition coefficient (Wildman–Crippen LogP) is 2.68. The van der Waals surface area contributed by atoms with Crippen molar-refractivity contribution in [3.05, 3.63) is 47.8 Å². The molecule has 0 aliphatic heterocycles. The molecule has 0 aliphatic rings. The van der Waals surface area contributed by atoms with Gasteiger partial charge < -0.3 is 5.11 Å². The number of aromatic carboxylic acids is 1. The SMILES string of the molecule is O=C(O)c1cc2ccccc2cc1F. The average molecular weight is 190 g/mol. The minimum Gasteiger partial charge on any atom is -0.478 e. The van der Waals surface area contributed by atoms with Crippen molar-refractivity contribution in [3.8, 4) is 0 Å². The van der Waals surface area contributed by atoms with Crippen LogP contribution >= 0.6 is 0 Å². The van der Waals surface area contributed by atoms with Crippen LogP contribution < -0.4 is 0 Å². The van der Waals surface area contributed by atoms with Crippen LogP contribution in [0.2, 0.25) is 0 Å². The molecule has 0 amide bonds. The van der Waals surface area contributed by atoms with Crippen LogP contribution in [-0.2, 0) is 0 Å². The van der Waals surface area contributed by atoms with Crippen molar-refractivity contribution < 1.29 is 14.3 Å². The Hall–Kier alpha value is -1.90. The summed E-state index contributed by atoms with van der Waals surface area (Å²) in [6.45, 7) is 0. The first-order valence-corrected chi connectivity index (χ1v) is 4.10. The van der Waals surface area contributed by atoms with Crippen molar-refractivity contribution in [2.24, 2.45) is 0 Å². The molecular weight excluding hydrogens is 183 g/mol. The number of hydrogen-bond acceptors (Lipinski definition) is 1. The van der Waals surface area contributed by atoms with E-state index in [0.717, 1.165) is 5.39 Å². The van der Waals surface area contributed by atoms with E-state index in [1.807, 2.05) is 0 Å². The molecule has 0 radical (unpaired) electrons. The summed E-state index contributed by atoms with van der Waals surface area (Å²) in [4.78, 5) is 10.6. The summed E-state index contributed by atoms with van der Waals surface area (Å²) in [5, 5.41) is 10.1. The summed E-state index contributed by atoms with van der Waals surface area (Å²) in [6.07, 6.45) is 0. The first-order chi connectivity index (χ1) is 6.68. The molecule has 0 atom stereocenters. The molecule has 2 aromatic carbocycles. The monoisotopic (exact) mass is 190 g/mol. The number of rotatable bonds is 1. The summed E-state index contributed by atoms with van der Waals surface area (Å²) in [6, 6.07) is 9.63. The van der Waals surface area contributed by atoms with Gasteiger partial charge in [0.15, 0.2) is 0 Å². The second kappa shape index (κ2) is 3.10. The summed E-state index contributed by atoms with van der Waals surface area (Å²) in [7, 11) is 0. The quantitative estimate of drug-likeness (QED) is 0.750. The van der Waals surface area contributed by atoms with Gasteiger partial charge in [-0.25, -0.2) is 9.18 Å². The Labute approximate surface area is 79.6 Å². The van der Waals surface area contributed by atoms with Gasteiger partial charge in [-0.05, 0) is 22.9 Å². The van der Waals surface area contributed by atoms with E-state index < -0.39 is 11.8 Å². The van der Waals surface area contributed by atoms with E-state index in [9.17, 15) is 9.18 Å². The molecule has 70 valence electrons. The Morgan fingerprint density at radius 3 is 2.29 bits per heavy atom. The van der Waals surface area contributed by atoms with Crippen molar-refractivity contribution in [2.75, 3.05) is 0 Å². The van der Waals surface area contributed by atoms with Crippen molar-refractivity contribution in [1.29, 1.82) is 0 Å². The molecule has 2 nitrogen and oxygen atoms in total. The maximum atomic E-state index is 13.2. The van der Waals surface area contributed by atoms with Crippen LogP contribution in [-0.4, -0.2) is 11.1 Å². The normalized spacial score (nSPS) is 10.4. The van der Waals surface area contributed by atoms with E-state index in [1.165, 1.54) is 12.1 Å². The van der Waals surface area contributed by atoms with Gasteiger partial charge in [-0.2, -0.15) is 0 Å². The van der Waals surface area contributed by atoms with Crippen LogP contribution in [0.15, 0.2) is 36.4 Å². The minimum atomic E-state index is -1.24. The van der Waals surface area contributed by atoms with Crippen molar-refractivity contribution in [3.63, 3.8) is 0 Å². The fraction of sp³-hybridized carbons (Fsp3) is 0. The van der Waals surface area contributed by atoms with Crippen LogP contribution in [0.4, 0.5) is 4.39 Å². The van der Waals surface area contributed by atoms with Crippen LogP contribution in [0, 0.1) is 5.82 Å². The zero-order valence-corrected chi connectivity index (χ0v) is 7.20. The number of fused-ring (bicyclic) bond motifs is 1. The number of carbonyl (C=O) groups is 1. The van der Waals surface area contributed by atoms with E-state index in [-0.39, 0.29) is 5.56 Å². The standard InChI is InChI=1S/C11H7FO2/c12-10-6-8-4-2-1-3-7(8)5-9(10)11(13)14/h1-6H,(H,13,14). The molecule has 0 fully saturated rings. The van der Waals surface area contributed by atoms with Gasteiger partial charge in [0.2, 0.25) is 0 Å². The molecule has 0 spiro atoms. The van der Waals surface area contributed by atoms with E-state index in [0.29, 0.717) is 5.39 Å². The van der Waals surface area contributed by atoms with Gasteiger partial charge in [-0.1, -0.05) is 24.3 Å². The Balaban J connectivity index is 2.77. The lowest BCUT2D eigenvalue weighted by Crippen LogP contribution is -1.99. The lowest BCUT2D eigenvalue weighted by atomic mass is 10.1. The molecule has 14 heavy (non-hydrogen) atoms. The van der Waals surface area contributed by atoms with E-state index in [1.54, 1.807) is 24.3 Å². The number of benzene rings is 2. The van der Waals surface area contributed by atoms with Crippen molar-refractivity contribution in [1.82, 2.24) is 0 Å². The number of halogens is 1. The van der Waals surface area contributed by atoms with Crippen LogP contribution in [0.5, 0.6) is 0 Å². The smallest absolute Gasteiger partial charge is 0.338 e. The third-order valence-electron chi connectivity index (χ3n) is 2.07. The van der Waals surface area contributed by atoms with E-state index in [4.69, 9.17) is 5.11 Å². The molecule has 0 bridgehead atoms. The second-order valence-corrected chi connectivity index (χ2v) is 2.98. The largest absolute Gasteiger partial charge is 0.478 e. The molecule has 0 aliphatic carbocycles. The van der Waals surface area contributed by atoms with Crippen molar-refractivity contribution in [2.45, 2.75) is 0 Å². The lowest BCUT2D eigenvalue weighted by molar-refractivity contribution is 0.0692. The third-order valence-corrected chi connectivity index (χ3v) is 2.07. The maximum absolute atomic E-state index is 13.2. The van der Waals surface area contributed by atoms with Gasteiger partial charge >= 0.3 is 5.97 Å². The molecule has 0 unspecified atom stereocenters. The highest BCUT2D eigenvalue weighted by atomic mass is 19.1. The Bertz CT molecular complexity index is 506. The Morgan fingerprint density at radius 2 is 1.71 bits per heavy atom. The van der Waals surface area contributed by atoms with E-state index in [2.05, 4.69) is 0 Å². The van der Waals surface area contributed by atoms with Gasteiger partial charge in [0.1, 0.15) is 5.82 Å². The lowest BCUT2D eigenvalue weighted by Gasteiger charge is -2.00. The van der Waals surface area contributed by atoms with Gasteiger partial charge in [-0.15, -0.1) is 0 Å². The zero-order chi connectivity index (χ0) is 10.1. The first kappa shape index (κ1) is 8.69. The van der Waals surface area contributed by atoms with Crippen LogP contribution in [0.3, 0.4) is 0 Å². The Morgan fingerprint density at radius 1 is 1.14 bits per heavy atom. The third kappa shape index (κ3) is 1.33. The van der Waals surface area contributed by atoms with Gasteiger partial charge in [0, 0.05) is 0 Å². The number of hydrogen-bond donors (Lipinski definition) is 1. The van der Waals surface area contributed by atoms with Crippen molar-refractivity contribution >= 4 is 16.7 Å². The molecule has 1 N–H and O–H groups in total. The second-order valence-electron chi connectivity index (χ2n) is 2.98. The highest BCUT2D eigenvalue weighted by Gasteiger charge is 2.10.